The Hall–Kier alpha value is -2.87. The molecule has 0 atom stereocenters. The van der Waals surface area contributed by atoms with Gasteiger partial charge >= 0.3 is 0 Å². The molecule has 4 aromatic rings. The summed E-state index contributed by atoms with van der Waals surface area (Å²) in [6.45, 7) is 0. The minimum atomic E-state index is 0.971. The molecule has 2 nitrogen and oxygen atoms in total. The van der Waals surface area contributed by atoms with Crippen LogP contribution in [0.5, 0.6) is 0 Å². The van der Waals surface area contributed by atoms with Gasteiger partial charge in [-0.1, -0.05) is 48.5 Å². The number of rotatable bonds is 2. The highest BCUT2D eigenvalue weighted by Gasteiger charge is 2.00. The van der Waals surface area contributed by atoms with Crippen LogP contribution in [0, 0.1) is 0 Å². The number of hydrogen-bond acceptors (Lipinski definition) is 1. The first-order chi connectivity index (χ1) is 10.4. The fourth-order valence-corrected chi connectivity index (χ4v) is 2.60. The standard InChI is InChI=1S/C19H14N2/c1-2-6-15-11-17(10-9-14(15)5-1)20-12-16-13-21-19-8-4-3-7-18(16)19/h1-13,21H. The molecule has 1 N–H and O–H groups in total. The second kappa shape index (κ2) is 4.91. The van der Waals surface area contributed by atoms with Gasteiger partial charge in [-0.3, -0.25) is 4.99 Å². The number of aromatic nitrogens is 1. The minimum Gasteiger partial charge on any atom is -0.361 e. The first-order valence-electron chi connectivity index (χ1n) is 6.99. The lowest BCUT2D eigenvalue weighted by Gasteiger charge is -1.98. The van der Waals surface area contributed by atoms with E-state index in [1.807, 2.05) is 30.6 Å². The molecule has 2 heteroatoms. The Labute approximate surface area is 122 Å². The van der Waals surface area contributed by atoms with E-state index in [1.165, 1.54) is 16.2 Å². The van der Waals surface area contributed by atoms with E-state index in [4.69, 9.17) is 0 Å². The molecular weight excluding hydrogens is 256 g/mol. The quantitative estimate of drug-likeness (QED) is 0.492. The van der Waals surface area contributed by atoms with Crippen molar-refractivity contribution in [2.45, 2.75) is 0 Å². The Morgan fingerprint density at radius 1 is 0.810 bits per heavy atom. The predicted molar refractivity (Wildman–Crippen MR) is 89.5 cm³/mol. The van der Waals surface area contributed by atoms with Crippen molar-refractivity contribution in [3.05, 3.63) is 78.5 Å². The fourth-order valence-electron chi connectivity index (χ4n) is 2.60. The van der Waals surface area contributed by atoms with Gasteiger partial charge < -0.3 is 4.98 Å². The number of H-pyrrole nitrogens is 1. The maximum Gasteiger partial charge on any atom is 0.0636 e. The van der Waals surface area contributed by atoms with Gasteiger partial charge in [0.15, 0.2) is 0 Å². The van der Waals surface area contributed by atoms with Crippen molar-refractivity contribution in [3.8, 4) is 0 Å². The number of nitrogens with zero attached hydrogens (tertiary/aromatic N) is 1. The first kappa shape index (κ1) is 11.9. The third kappa shape index (κ3) is 2.21. The van der Waals surface area contributed by atoms with Gasteiger partial charge in [0.05, 0.1) is 5.69 Å². The summed E-state index contributed by atoms with van der Waals surface area (Å²) >= 11 is 0. The van der Waals surface area contributed by atoms with E-state index in [-0.39, 0.29) is 0 Å². The zero-order chi connectivity index (χ0) is 14.1. The Morgan fingerprint density at radius 3 is 2.57 bits per heavy atom. The van der Waals surface area contributed by atoms with E-state index in [0.29, 0.717) is 0 Å². The summed E-state index contributed by atoms with van der Waals surface area (Å²) < 4.78 is 0. The van der Waals surface area contributed by atoms with Crippen LogP contribution in [0.2, 0.25) is 0 Å². The van der Waals surface area contributed by atoms with Crippen LogP contribution in [0.15, 0.2) is 77.9 Å². The lowest BCUT2D eigenvalue weighted by Crippen LogP contribution is -1.77. The van der Waals surface area contributed by atoms with Crippen LogP contribution in [0.3, 0.4) is 0 Å². The SMILES string of the molecule is C(=Nc1ccc2ccccc2c1)c1c[nH]c2ccccc12. The largest absolute Gasteiger partial charge is 0.361 e. The summed E-state index contributed by atoms with van der Waals surface area (Å²) in [6.07, 6.45) is 3.91. The van der Waals surface area contributed by atoms with Crippen LogP contribution in [0.4, 0.5) is 5.69 Å². The average Bonchev–Trinajstić information content (AvgIpc) is 2.96. The lowest BCUT2D eigenvalue weighted by atomic mass is 10.1. The number of aliphatic imine (C=N–C) groups is 1. The van der Waals surface area contributed by atoms with Crippen LogP contribution in [-0.2, 0) is 0 Å². The van der Waals surface area contributed by atoms with E-state index in [1.54, 1.807) is 0 Å². The number of benzene rings is 3. The maximum absolute atomic E-state index is 4.60. The molecule has 1 heterocycles. The van der Waals surface area contributed by atoms with E-state index < -0.39 is 0 Å². The molecule has 1 aromatic heterocycles. The van der Waals surface area contributed by atoms with E-state index in [2.05, 4.69) is 58.5 Å². The summed E-state index contributed by atoms with van der Waals surface area (Å²) in [5.41, 5.74) is 3.22. The molecule has 0 unspecified atom stereocenters. The molecule has 0 fully saturated rings. The molecule has 100 valence electrons. The van der Waals surface area contributed by atoms with Gasteiger partial charge in [-0.15, -0.1) is 0 Å². The number of para-hydroxylation sites is 1. The Kier molecular flexibility index (Phi) is 2.79. The van der Waals surface area contributed by atoms with Crippen LogP contribution in [0.1, 0.15) is 5.56 Å². The van der Waals surface area contributed by atoms with Gasteiger partial charge in [-0.05, 0) is 29.0 Å². The molecule has 0 amide bonds. The smallest absolute Gasteiger partial charge is 0.0636 e. The molecule has 0 saturated heterocycles. The Bertz CT molecular complexity index is 948. The Morgan fingerprint density at radius 2 is 1.62 bits per heavy atom. The van der Waals surface area contributed by atoms with Gasteiger partial charge in [0.2, 0.25) is 0 Å². The lowest BCUT2D eigenvalue weighted by molar-refractivity contribution is 1.47. The maximum atomic E-state index is 4.60. The van der Waals surface area contributed by atoms with Crippen LogP contribution >= 0.6 is 0 Å². The molecule has 0 radical (unpaired) electrons. The number of aromatic amines is 1. The Balaban J connectivity index is 1.73. The molecule has 3 aromatic carbocycles. The second-order valence-corrected chi connectivity index (χ2v) is 5.08. The third-order valence-electron chi connectivity index (χ3n) is 3.71. The van der Waals surface area contributed by atoms with Crippen LogP contribution in [-0.4, -0.2) is 11.2 Å². The summed E-state index contributed by atoms with van der Waals surface area (Å²) in [5.74, 6) is 0. The highest BCUT2D eigenvalue weighted by molar-refractivity contribution is 6.00. The van der Waals surface area contributed by atoms with Gasteiger partial charge in [0.1, 0.15) is 0 Å². The molecule has 0 aliphatic heterocycles. The average molecular weight is 270 g/mol. The predicted octanol–water partition coefficient (Wildman–Crippen LogP) is 5.07. The molecule has 4 rings (SSSR count). The van der Waals surface area contributed by atoms with Gasteiger partial charge in [-0.25, -0.2) is 0 Å². The van der Waals surface area contributed by atoms with Crippen molar-refractivity contribution in [1.29, 1.82) is 0 Å². The van der Waals surface area contributed by atoms with E-state index in [0.717, 1.165) is 16.8 Å². The second-order valence-electron chi connectivity index (χ2n) is 5.08. The van der Waals surface area contributed by atoms with Crippen LogP contribution in [0.25, 0.3) is 21.7 Å². The zero-order valence-electron chi connectivity index (χ0n) is 11.5. The first-order valence-corrected chi connectivity index (χ1v) is 6.99. The highest BCUT2D eigenvalue weighted by atomic mass is 14.7. The number of hydrogen-bond donors (Lipinski definition) is 1. The van der Waals surface area contributed by atoms with Gasteiger partial charge in [0, 0.05) is 28.9 Å². The van der Waals surface area contributed by atoms with Crippen molar-refractivity contribution in [2.75, 3.05) is 0 Å². The summed E-state index contributed by atoms with van der Waals surface area (Å²) in [5, 5.41) is 3.65. The number of nitrogens with one attached hydrogen (secondary N) is 1. The summed E-state index contributed by atoms with van der Waals surface area (Å²) in [7, 11) is 0. The highest BCUT2D eigenvalue weighted by Crippen LogP contribution is 2.22. The molecule has 0 aliphatic carbocycles. The van der Waals surface area contributed by atoms with Crippen molar-refractivity contribution < 1.29 is 0 Å². The summed E-state index contributed by atoms with van der Waals surface area (Å²) in [4.78, 5) is 7.87. The monoisotopic (exact) mass is 270 g/mol. The van der Waals surface area contributed by atoms with Gasteiger partial charge in [0.25, 0.3) is 0 Å². The fraction of sp³-hybridized carbons (Fsp3) is 0. The van der Waals surface area contributed by atoms with E-state index >= 15 is 0 Å². The zero-order valence-corrected chi connectivity index (χ0v) is 11.5. The molecular formula is C19H14N2. The number of fused-ring (bicyclic) bond motifs is 2. The topological polar surface area (TPSA) is 28.1 Å². The van der Waals surface area contributed by atoms with Crippen LogP contribution < -0.4 is 0 Å². The molecule has 0 saturated carbocycles. The molecule has 0 bridgehead atoms. The molecule has 21 heavy (non-hydrogen) atoms. The van der Waals surface area contributed by atoms with Crippen molar-refractivity contribution in [2.24, 2.45) is 4.99 Å². The third-order valence-corrected chi connectivity index (χ3v) is 3.71. The van der Waals surface area contributed by atoms with Gasteiger partial charge in [-0.2, -0.15) is 0 Å². The van der Waals surface area contributed by atoms with Crippen molar-refractivity contribution in [1.82, 2.24) is 4.98 Å². The van der Waals surface area contributed by atoms with Crippen molar-refractivity contribution in [3.63, 3.8) is 0 Å². The van der Waals surface area contributed by atoms with Crippen molar-refractivity contribution >= 4 is 33.6 Å². The molecule has 0 spiro atoms. The summed E-state index contributed by atoms with van der Waals surface area (Å²) in [6, 6.07) is 22.9. The molecule has 0 aliphatic rings. The normalized spacial score (nSPS) is 11.6. The minimum absolute atomic E-state index is 0.971. The van der Waals surface area contributed by atoms with E-state index in [9.17, 15) is 0 Å².